The van der Waals surface area contributed by atoms with Gasteiger partial charge in [-0.15, -0.1) is 11.3 Å². The number of amides is 2. The third-order valence-electron chi connectivity index (χ3n) is 8.51. The zero-order chi connectivity index (χ0) is 32.0. The van der Waals surface area contributed by atoms with Crippen LogP contribution in [0.5, 0.6) is 0 Å². The molecule has 1 N–H and O–H groups in total. The molecule has 238 valence electrons. The zero-order valence-electron chi connectivity index (χ0n) is 26.2. The maximum atomic E-state index is 13.4. The third-order valence-corrected chi connectivity index (χ3v) is 9.73. The first-order chi connectivity index (χ1) is 22.1. The molecule has 5 heterocycles. The second-order valence-corrected chi connectivity index (χ2v) is 14.0. The van der Waals surface area contributed by atoms with E-state index in [4.69, 9.17) is 14.5 Å². The fourth-order valence-electron chi connectivity index (χ4n) is 6.29. The number of fused-ring (bicyclic) bond motifs is 4. The van der Waals surface area contributed by atoms with Crippen molar-refractivity contribution in [3.8, 4) is 11.1 Å². The Hall–Kier alpha value is -4.48. The molecule has 0 saturated carbocycles. The smallest absolute Gasteiger partial charge is 0.410 e. The molecule has 7 rings (SSSR count). The zero-order valence-corrected chi connectivity index (χ0v) is 27.1. The molecule has 0 aliphatic carbocycles. The quantitative estimate of drug-likeness (QED) is 0.251. The minimum absolute atomic E-state index is 0.101. The van der Waals surface area contributed by atoms with E-state index in [9.17, 15) is 14.4 Å². The molecular weight excluding hydrogens is 602 g/mol. The first-order valence-corrected chi connectivity index (χ1v) is 16.6. The number of nitrogens with zero attached hydrogens (tertiary/aromatic N) is 4. The van der Waals surface area contributed by atoms with E-state index in [1.54, 1.807) is 32.9 Å². The molecule has 3 aromatic heterocycles. The normalized spacial score (nSPS) is 17.5. The molecule has 2 aliphatic rings. The van der Waals surface area contributed by atoms with Crippen LogP contribution in [0, 0.1) is 5.92 Å². The average molecular weight is 640 g/mol. The standard InChI is InChI=1S/C35H37N5O5S/c1-35(2,3)45-34(43)39-13-5-7-22(21-39)33(42)36-23-11-12-28-27(19-23)25-9-4-8-24(31(25)46-28)26-10-6-14-40-30(41)20-29(37-32(26)40)38-15-17-44-18-16-38/h4,6,8-12,14,19-20,22H,5,7,13,15-18,21H2,1-3H3,(H,36,42). The number of anilines is 2. The van der Waals surface area contributed by atoms with Crippen LogP contribution in [0.4, 0.5) is 16.3 Å². The molecule has 10 nitrogen and oxygen atoms in total. The average Bonchev–Trinajstić information content (AvgIpc) is 3.42. The highest BCUT2D eigenvalue weighted by Crippen LogP contribution is 2.41. The number of pyridine rings is 1. The van der Waals surface area contributed by atoms with Crippen LogP contribution in [0.15, 0.2) is 65.6 Å². The molecule has 2 fully saturated rings. The van der Waals surface area contributed by atoms with Gasteiger partial charge in [-0.3, -0.25) is 14.0 Å². The van der Waals surface area contributed by atoms with Gasteiger partial charge in [0.2, 0.25) is 5.91 Å². The van der Waals surface area contributed by atoms with Gasteiger partial charge in [-0.1, -0.05) is 18.2 Å². The summed E-state index contributed by atoms with van der Waals surface area (Å²) >= 11 is 1.68. The van der Waals surface area contributed by atoms with E-state index in [0.717, 1.165) is 37.7 Å². The van der Waals surface area contributed by atoms with E-state index >= 15 is 0 Å². The Balaban J connectivity index is 1.19. The van der Waals surface area contributed by atoms with Gasteiger partial charge < -0.3 is 24.6 Å². The summed E-state index contributed by atoms with van der Waals surface area (Å²) in [4.78, 5) is 47.9. The van der Waals surface area contributed by atoms with Crippen LogP contribution in [-0.2, 0) is 14.3 Å². The molecule has 2 saturated heterocycles. The number of aromatic nitrogens is 2. The molecule has 0 spiro atoms. The Morgan fingerprint density at radius 2 is 1.80 bits per heavy atom. The van der Waals surface area contributed by atoms with Crippen molar-refractivity contribution in [3.63, 3.8) is 0 Å². The van der Waals surface area contributed by atoms with Crippen LogP contribution in [0.3, 0.4) is 0 Å². The largest absolute Gasteiger partial charge is 0.444 e. The van der Waals surface area contributed by atoms with E-state index in [1.165, 1.54) is 0 Å². The highest BCUT2D eigenvalue weighted by atomic mass is 32.1. The van der Waals surface area contributed by atoms with Crippen LogP contribution >= 0.6 is 11.3 Å². The molecule has 2 aliphatic heterocycles. The summed E-state index contributed by atoms with van der Waals surface area (Å²) in [6.45, 7) is 9.05. The van der Waals surface area contributed by atoms with Crippen molar-refractivity contribution in [1.82, 2.24) is 14.3 Å². The van der Waals surface area contributed by atoms with Gasteiger partial charge in [-0.25, -0.2) is 9.78 Å². The van der Waals surface area contributed by atoms with E-state index in [1.807, 2.05) is 57.2 Å². The SMILES string of the molecule is CC(C)(C)OC(=O)N1CCCC(C(=O)Nc2ccc3sc4c(-c5cccn6c(=O)cc(N7CCOCC7)nc56)cccc4c3c2)C1. The second-order valence-electron chi connectivity index (χ2n) is 12.9. The molecule has 2 amide bonds. The summed E-state index contributed by atoms with van der Waals surface area (Å²) in [5.74, 6) is 0.250. The molecule has 11 heteroatoms. The number of carbonyl (C=O) groups is 2. The predicted octanol–water partition coefficient (Wildman–Crippen LogP) is 6.15. The summed E-state index contributed by atoms with van der Waals surface area (Å²) in [6.07, 6.45) is 2.84. The number of hydrogen-bond acceptors (Lipinski definition) is 8. The molecule has 1 atom stereocenters. The van der Waals surface area contributed by atoms with E-state index in [2.05, 4.69) is 22.3 Å². The van der Waals surface area contributed by atoms with Gasteiger partial charge >= 0.3 is 6.09 Å². The number of nitrogens with one attached hydrogen (secondary N) is 1. The lowest BCUT2D eigenvalue weighted by Crippen LogP contribution is -2.45. The van der Waals surface area contributed by atoms with Gasteiger partial charge in [0, 0.05) is 75.4 Å². The summed E-state index contributed by atoms with van der Waals surface area (Å²) in [7, 11) is 0. The van der Waals surface area contributed by atoms with Crippen molar-refractivity contribution in [2.24, 2.45) is 5.92 Å². The summed E-state index contributed by atoms with van der Waals surface area (Å²) < 4.78 is 14.8. The Labute approximate surface area is 270 Å². The topological polar surface area (TPSA) is 105 Å². The minimum Gasteiger partial charge on any atom is -0.444 e. The van der Waals surface area contributed by atoms with Gasteiger partial charge in [0.15, 0.2) is 0 Å². The number of morpholine rings is 1. The maximum absolute atomic E-state index is 13.4. The molecular formula is C35H37N5O5S. The molecule has 1 unspecified atom stereocenters. The lowest BCUT2D eigenvalue weighted by molar-refractivity contribution is -0.121. The van der Waals surface area contributed by atoms with Crippen LogP contribution in [0.25, 0.3) is 36.9 Å². The monoisotopic (exact) mass is 639 g/mol. The van der Waals surface area contributed by atoms with Gasteiger partial charge in [0.05, 0.1) is 19.1 Å². The highest BCUT2D eigenvalue weighted by molar-refractivity contribution is 7.26. The molecule has 0 bridgehead atoms. The molecule has 2 aromatic carbocycles. The van der Waals surface area contributed by atoms with Crippen LogP contribution < -0.4 is 15.8 Å². The Bertz CT molecular complexity index is 2020. The first kappa shape index (κ1) is 30.2. The van der Waals surface area contributed by atoms with Crippen molar-refractivity contribution in [3.05, 3.63) is 71.1 Å². The molecule has 5 aromatic rings. The van der Waals surface area contributed by atoms with Crippen LogP contribution in [0.1, 0.15) is 33.6 Å². The summed E-state index contributed by atoms with van der Waals surface area (Å²) in [5.41, 5.74) is 2.50. The molecule has 46 heavy (non-hydrogen) atoms. The Morgan fingerprint density at radius 1 is 1.00 bits per heavy atom. The Kier molecular flexibility index (Phi) is 7.90. The number of rotatable bonds is 4. The van der Waals surface area contributed by atoms with Gasteiger partial charge in [-0.2, -0.15) is 0 Å². The van der Waals surface area contributed by atoms with Crippen molar-refractivity contribution >= 4 is 60.7 Å². The Morgan fingerprint density at radius 3 is 2.61 bits per heavy atom. The van der Waals surface area contributed by atoms with E-state index < -0.39 is 5.60 Å². The van der Waals surface area contributed by atoms with Crippen LogP contribution in [-0.4, -0.2) is 71.3 Å². The van der Waals surface area contributed by atoms with E-state index in [0.29, 0.717) is 63.0 Å². The predicted molar refractivity (Wildman–Crippen MR) is 182 cm³/mol. The van der Waals surface area contributed by atoms with Crippen molar-refractivity contribution in [2.75, 3.05) is 49.6 Å². The van der Waals surface area contributed by atoms with Gasteiger partial charge in [0.25, 0.3) is 5.56 Å². The highest BCUT2D eigenvalue weighted by Gasteiger charge is 2.31. The molecule has 0 radical (unpaired) electrons. The number of piperidine rings is 1. The second kappa shape index (κ2) is 12.0. The van der Waals surface area contributed by atoms with Crippen molar-refractivity contribution in [2.45, 2.75) is 39.2 Å². The number of carbonyl (C=O) groups excluding carboxylic acids is 2. The maximum Gasteiger partial charge on any atom is 0.410 e. The fraction of sp³-hybridized carbons (Fsp3) is 0.371. The summed E-state index contributed by atoms with van der Waals surface area (Å²) in [6, 6.07) is 17.7. The summed E-state index contributed by atoms with van der Waals surface area (Å²) in [5, 5.41) is 5.21. The number of thiophene rings is 1. The first-order valence-electron chi connectivity index (χ1n) is 15.7. The number of ether oxygens (including phenoxy) is 2. The van der Waals surface area contributed by atoms with Crippen molar-refractivity contribution in [1.29, 1.82) is 0 Å². The number of hydrogen-bond donors (Lipinski definition) is 1. The third kappa shape index (κ3) is 5.92. The van der Waals surface area contributed by atoms with Crippen LogP contribution in [0.2, 0.25) is 0 Å². The van der Waals surface area contributed by atoms with E-state index in [-0.39, 0.29) is 23.5 Å². The number of benzene rings is 2. The lowest BCUT2D eigenvalue weighted by atomic mass is 9.97. The minimum atomic E-state index is -0.585. The van der Waals surface area contributed by atoms with Gasteiger partial charge in [-0.05, 0) is 63.9 Å². The lowest BCUT2D eigenvalue weighted by Gasteiger charge is -2.33. The number of likely N-dealkylation sites (tertiary alicyclic amines) is 1. The fourth-order valence-corrected chi connectivity index (χ4v) is 7.50. The van der Waals surface area contributed by atoms with Crippen molar-refractivity contribution < 1.29 is 19.1 Å². The van der Waals surface area contributed by atoms with Gasteiger partial charge in [0.1, 0.15) is 17.1 Å².